The number of aromatic nitrogens is 1. The Kier molecular flexibility index (Phi) is 6.73. The van der Waals surface area contributed by atoms with Gasteiger partial charge in [0, 0.05) is 28.9 Å². The van der Waals surface area contributed by atoms with Crippen molar-refractivity contribution in [1.29, 1.82) is 0 Å². The van der Waals surface area contributed by atoms with Crippen LogP contribution >= 0.6 is 11.6 Å². The van der Waals surface area contributed by atoms with Crippen molar-refractivity contribution in [3.8, 4) is 0 Å². The normalized spacial score (nSPS) is 17.3. The molecule has 2 aromatic rings. The lowest BCUT2D eigenvalue weighted by Crippen LogP contribution is -2.27. The van der Waals surface area contributed by atoms with E-state index >= 15 is 0 Å². The highest BCUT2D eigenvalue weighted by Crippen LogP contribution is 2.28. The second-order valence-corrected chi connectivity index (χ2v) is 6.57. The second-order valence-electron chi connectivity index (χ2n) is 6.13. The number of methoxy groups -OCH3 is 1. The van der Waals surface area contributed by atoms with E-state index in [1.54, 1.807) is 12.3 Å². The van der Waals surface area contributed by atoms with Gasteiger partial charge in [-0.25, -0.2) is 0 Å². The molecule has 1 aliphatic rings. The summed E-state index contributed by atoms with van der Waals surface area (Å²) in [5.74, 6) is 0.258. The van der Waals surface area contributed by atoms with E-state index in [-0.39, 0.29) is 25.5 Å². The Morgan fingerprint density at radius 3 is 2.93 bits per heavy atom. The number of ether oxygens (including phenoxy) is 1. The molecule has 0 fully saturated rings. The first-order chi connectivity index (χ1) is 13.6. The minimum atomic E-state index is -0.422. The molecule has 1 aromatic heterocycles. The van der Waals surface area contributed by atoms with Gasteiger partial charge in [-0.15, -0.1) is 0 Å². The number of aliphatic hydroxyl groups excluding tert-OH is 1. The molecule has 0 saturated carbocycles. The van der Waals surface area contributed by atoms with Crippen LogP contribution in [0.2, 0.25) is 5.02 Å². The lowest BCUT2D eigenvalue weighted by molar-refractivity contribution is -0.140. The Morgan fingerprint density at radius 1 is 1.36 bits per heavy atom. The molecule has 1 atom stereocenters. The van der Waals surface area contributed by atoms with E-state index in [0.29, 0.717) is 28.7 Å². The summed E-state index contributed by atoms with van der Waals surface area (Å²) in [4.78, 5) is 25.4. The number of carbonyl (C=O) groups is 1. The lowest BCUT2D eigenvalue weighted by atomic mass is 10.0. The molecule has 7 nitrogen and oxygen atoms in total. The van der Waals surface area contributed by atoms with Crippen LogP contribution in [-0.2, 0) is 9.53 Å². The molecule has 146 valence electrons. The van der Waals surface area contributed by atoms with Gasteiger partial charge in [-0.3, -0.25) is 19.8 Å². The Labute approximate surface area is 168 Å². The molecule has 0 aliphatic carbocycles. The molecular weight excluding hydrogens is 380 g/mol. The molecule has 2 N–H and O–H groups in total. The number of nitrogens with one attached hydrogen (secondary N) is 1. The molecule has 0 saturated heterocycles. The first kappa shape index (κ1) is 20.0. The van der Waals surface area contributed by atoms with Gasteiger partial charge in [0.1, 0.15) is 11.9 Å². The smallest absolute Gasteiger partial charge is 0.305 e. The molecule has 28 heavy (non-hydrogen) atoms. The van der Waals surface area contributed by atoms with Crippen molar-refractivity contribution < 1.29 is 14.6 Å². The molecule has 2 heterocycles. The summed E-state index contributed by atoms with van der Waals surface area (Å²) < 4.78 is 4.76. The van der Waals surface area contributed by atoms with Crippen LogP contribution in [0.5, 0.6) is 0 Å². The summed E-state index contributed by atoms with van der Waals surface area (Å²) in [5.41, 5.74) is 2.93. The van der Waals surface area contributed by atoms with Crippen molar-refractivity contribution in [2.75, 3.05) is 25.6 Å². The van der Waals surface area contributed by atoms with Crippen molar-refractivity contribution in [3.63, 3.8) is 0 Å². The number of hydrogen-bond acceptors (Lipinski definition) is 6. The average Bonchev–Trinajstić information content (AvgIpc) is 2.87. The van der Waals surface area contributed by atoms with E-state index in [2.05, 4.69) is 15.3 Å². The minimum Gasteiger partial charge on any atom is -0.469 e. The highest BCUT2D eigenvalue weighted by atomic mass is 35.5. The van der Waals surface area contributed by atoms with Crippen LogP contribution in [0.25, 0.3) is 0 Å². The molecule has 0 unspecified atom stereocenters. The Balaban J connectivity index is 2.10. The highest BCUT2D eigenvalue weighted by Gasteiger charge is 2.25. The van der Waals surface area contributed by atoms with Crippen LogP contribution in [0, 0.1) is 0 Å². The summed E-state index contributed by atoms with van der Waals surface area (Å²) in [6, 6.07) is 10.6. The van der Waals surface area contributed by atoms with Gasteiger partial charge >= 0.3 is 5.97 Å². The number of aliphatic hydroxyl groups is 1. The Bertz CT molecular complexity index is 900. The van der Waals surface area contributed by atoms with E-state index in [0.717, 1.165) is 11.3 Å². The van der Waals surface area contributed by atoms with Crippen molar-refractivity contribution in [3.05, 3.63) is 58.9 Å². The fourth-order valence-corrected chi connectivity index (χ4v) is 3.08. The van der Waals surface area contributed by atoms with Gasteiger partial charge in [0.15, 0.2) is 0 Å². The molecule has 0 amide bonds. The number of hydrogen-bond donors (Lipinski definition) is 2. The maximum Gasteiger partial charge on any atom is 0.305 e. The van der Waals surface area contributed by atoms with Crippen LogP contribution < -0.4 is 5.32 Å². The number of benzodiazepines with no additional fused rings is 1. The van der Waals surface area contributed by atoms with E-state index in [1.807, 2.05) is 30.3 Å². The molecular formula is C20H21ClN4O3. The third-order valence-corrected chi connectivity index (χ3v) is 4.47. The number of aliphatic imine (C=N–C) groups is 2. The quantitative estimate of drug-likeness (QED) is 0.727. The van der Waals surface area contributed by atoms with Gasteiger partial charge in [0.2, 0.25) is 0 Å². The van der Waals surface area contributed by atoms with Crippen molar-refractivity contribution in [1.82, 2.24) is 4.98 Å². The zero-order valence-electron chi connectivity index (χ0n) is 15.4. The third kappa shape index (κ3) is 4.74. The maximum atomic E-state index is 11.7. The molecule has 3 rings (SSSR count). The predicted octanol–water partition coefficient (Wildman–Crippen LogP) is 2.71. The molecule has 0 radical (unpaired) electrons. The predicted molar refractivity (Wildman–Crippen MR) is 109 cm³/mol. The van der Waals surface area contributed by atoms with Gasteiger partial charge in [0.25, 0.3) is 0 Å². The third-order valence-electron chi connectivity index (χ3n) is 4.24. The first-order valence-corrected chi connectivity index (χ1v) is 9.28. The van der Waals surface area contributed by atoms with Crippen LogP contribution in [0.4, 0.5) is 5.69 Å². The number of anilines is 1. The molecule has 0 bridgehead atoms. The number of carbonyl (C=O) groups excluding carboxylic acids is 1. The van der Waals surface area contributed by atoms with Crippen LogP contribution in [0.1, 0.15) is 24.1 Å². The van der Waals surface area contributed by atoms with Crippen LogP contribution in [-0.4, -0.2) is 53.9 Å². The fourth-order valence-electron chi connectivity index (χ4n) is 2.91. The van der Waals surface area contributed by atoms with Crippen molar-refractivity contribution in [2.45, 2.75) is 18.9 Å². The lowest BCUT2D eigenvalue weighted by Gasteiger charge is -2.15. The second kappa shape index (κ2) is 9.43. The number of amidine groups is 1. The number of esters is 1. The maximum absolute atomic E-state index is 11.7. The SMILES string of the molecule is COC(=O)CC[C@@H]1N=C(c2ccccn2)c2cc(Cl)ccc2NC1=NCCO. The largest absolute Gasteiger partial charge is 0.469 e. The average molecular weight is 401 g/mol. The Morgan fingerprint density at radius 2 is 2.21 bits per heavy atom. The van der Waals surface area contributed by atoms with Gasteiger partial charge < -0.3 is 15.2 Å². The molecule has 1 aliphatic heterocycles. The zero-order valence-corrected chi connectivity index (χ0v) is 16.2. The van der Waals surface area contributed by atoms with Crippen molar-refractivity contribution in [2.24, 2.45) is 9.98 Å². The number of benzene rings is 1. The minimum absolute atomic E-state index is 0.0841. The first-order valence-electron chi connectivity index (χ1n) is 8.90. The number of rotatable bonds is 6. The summed E-state index contributed by atoms with van der Waals surface area (Å²) in [6.45, 7) is 0.146. The van der Waals surface area contributed by atoms with E-state index in [4.69, 9.17) is 21.3 Å². The number of halogens is 1. The summed E-state index contributed by atoms with van der Waals surface area (Å²) >= 11 is 6.23. The number of pyridine rings is 1. The standard InChI is InChI=1S/C20H21ClN4O3/c1-28-18(27)8-7-17-20(23-10-11-26)25-15-6-5-13(21)12-14(15)19(24-17)16-4-2-3-9-22-16/h2-6,9,12,17,26H,7-8,10-11H2,1H3,(H,23,25)/t17-/m0/s1. The van der Waals surface area contributed by atoms with E-state index in [1.165, 1.54) is 7.11 Å². The summed E-state index contributed by atoms with van der Waals surface area (Å²) in [6.07, 6.45) is 2.30. The van der Waals surface area contributed by atoms with E-state index in [9.17, 15) is 9.90 Å². The van der Waals surface area contributed by atoms with Crippen LogP contribution in [0.15, 0.2) is 52.6 Å². The monoisotopic (exact) mass is 400 g/mol. The molecule has 1 aromatic carbocycles. The highest BCUT2D eigenvalue weighted by molar-refractivity contribution is 6.32. The molecule has 0 spiro atoms. The topological polar surface area (TPSA) is 96.2 Å². The summed E-state index contributed by atoms with van der Waals surface area (Å²) in [7, 11) is 1.36. The molecule has 8 heteroatoms. The summed E-state index contributed by atoms with van der Waals surface area (Å²) in [5, 5.41) is 13.1. The Hall–Kier alpha value is -2.77. The van der Waals surface area contributed by atoms with Gasteiger partial charge in [-0.2, -0.15) is 0 Å². The van der Waals surface area contributed by atoms with Crippen LogP contribution in [0.3, 0.4) is 0 Å². The number of nitrogens with zero attached hydrogens (tertiary/aromatic N) is 3. The number of fused-ring (bicyclic) bond motifs is 1. The zero-order chi connectivity index (χ0) is 19.9. The van der Waals surface area contributed by atoms with Gasteiger partial charge in [-0.1, -0.05) is 17.7 Å². The van der Waals surface area contributed by atoms with Gasteiger partial charge in [0.05, 0.1) is 31.7 Å². The fraction of sp³-hybridized carbons (Fsp3) is 0.300. The van der Waals surface area contributed by atoms with Crippen molar-refractivity contribution >= 4 is 34.8 Å². The van der Waals surface area contributed by atoms with Gasteiger partial charge in [-0.05, 0) is 36.8 Å². The van der Waals surface area contributed by atoms with E-state index < -0.39 is 6.04 Å².